The molecule has 3 aromatic rings. The first-order valence-corrected chi connectivity index (χ1v) is 9.66. The molecule has 0 aliphatic heterocycles. The van der Waals surface area contributed by atoms with Gasteiger partial charge in [0.15, 0.2) is 5.96 Å². The zero-order valence-electron chi connectivity index (χ0n) is 16.5. The molecule has 1 atom stereocenters. The summed E-state index contributed by atoms with van der Waals surface area (Å²) in [7, 11) is 1.68. The van der Waals surface area contributed by atoms with Gasteiger partial charge in [-0.2, -0.15) is 4.98 Å². The van der Waals surface area contributed by atoms with Crippen LogP contribution in [-0.2, 0) is 6.42 Å². The zero-order chi connectivity index (χ0) is 20.8. The Morgan fingerprint density at radius 1 is 1.24 bits per heavy atom. The number of hydrogen-bond acceptors (Lipinski definition) is 4. The second kappa shape index (κ2) is 9.52. The topological polar surface area (TPSA) is 75.3 Å². The zero-order valence-corrected chi connectivity index (χ0v) is 17.3. The van der Waals surface area contributed by atoms with E-state index in [4.69, 9.17) is 16.1 Å². The molecule has 0 aliphatic rings. The highest BCUT2D eigenvalue weighted by Crippen LogP contribution is 2.19. The molecule has 1 heterocycles. The van der Waals surface area contributed by atoms with Crippen LogP contribution in [0.5, 0.6) is 0 Å². The van der Waals surface area contributed by atoms with Crippen LogP contribution in [0, 0.1) is 12.7 Å². The summed E-state index contributed by atoms with van der Waals surface area (Å²) < 4.78 is 19.1. The third-order valence-corrected chi connectivity index (χ3v) is 4.73. The van der Waals surface area contributed by atoms with Crippen molar-refractivity contribution in [2.45, 2.75) is 26.3 Å². The van der Waals surface area contributed by atoms with E-state index in [2.05, 4.69) is 25.8 Å². The minimum Gasteiger partial charge on any atom is -0.356 e. The predicted molar refractivity (Wildman–Crippen MR) is 112 cm³/mol. The first-order chi connectivity index (χ1) is 14.0. The van der Waals surface area contributed by atoms with Gasteiger partial charge in [-0.1, -0.05) is 28.9 Å². The summed E-state index contributed by atoms with van der Waals surface area (Å²) in [6, 6.07) is 12.4. The molecule has 8 heteroatoms. The van der Waals surface area contributed by atoms with E-state index >= 15 is 0 Å². The molecule has 0 bridgehead atoms. The molecule has 0 fully saturated rings. The molecule has 0 saturated carbocycles. The molecule has 0 saturated heterocycles. The fourth-order valence-electron chi connectivity index (χ4n) is 2.72. The Hall–Kier alpha value is -2.93. The number of guanidine groups is 1. The smallest absolute Gasteiger partial charge is 0.228 e. The van der Waals surface area contributed by atoms with E-state index < -0.39 is 0 Å². The summed E-state index contributed by atoms with van der Waals surface area (Å²) in [6.45, 7) is 4.25. The van der Waals surface area contributed by atoms with Gasteiger partial charge in [0, 0.05) is 30.6 Å². The number of aromatic nitrogens is 2. The van der Waals surface area contributed by atoms with E-state index in [0.717, 1.165) is 11.1 Å². The number of aryl methyl sites for hydroxylation is 1. The number of nitrogens with zero attached hydrogens (tertiary/aromatic N) is 3. The molecule has 2 N–H and O–H groups in total. The molecular weight excluding hydrogens is 393 g/mol. The second-order valence-corrected chi connectivity index (χ2v) is 7.08. The molecule has 0 aliphatic carbocycles. The summed E-state index contributed by atoms with van der Waals surface area (Å²) in [4.78, 5) is 8.60. The standard InChI is InChI=1S/C21H23ClFN5O/c1-13-4-5-16(12-18(13)23)14(2)26-21(24-3)25-11-10-19-27-20(28-29-19)15-6-8-17(22)9-7-15/h4-9,12,14H,10-11H2,1-3H3,(H2,24,25,26). The Morgan fingerprint density at radius 3 is 2.69 bits per heavy atom. The second-order valence-electron chi connectivity index (χ2n) is 6.64. The van der Waals surface area contributed by atoms with Crippen LogP contribution < -0.4 is 10.6 Å². The molecule has 3 rings (SSSR count). The largest absolute Gasteiger partial charge is 0.356 e. The average Bonchev–Trinajstić information content (AvgIpc) is 3.18. The van der Waals surface area contributed by atoms with E-state index in [-0.39, 0.29) is 11.9 Å². The van der Waals surface area contributed by atoms with Gasteiger partial charge in [-0.15, -0.1) is 0 Å². The van der Waals surface area contributed by atoms with Crippen LogP contribution in [-0.4, -0.2) is 29.7 Å². The van der Waals surface area contributed by atoms with E-state index in [1.807, 2.05) is 25.1 Å². The summed E-state index contributed by atoms with van der Waals surface area (Å²) in [6.07, 6.45) is 0.537. The van der Waals surface area contributed by atoms with Gasteiger partial charge in [-0.3, -0.25) is 4.99 Å². The van der Waals surface area contributed by atoms with Crippen molar-refractivity contribution in [3.8, 4) is 11.4 Å². The Morgan fingerprint density at radius 2 is 2.00 bits per heavy atom. The highest BCUT2D eigenvalue weighted by Gasteiger charge is 2.11. The molecular formula is C21H23ClFN5O. The lowest BCUT2D eigenvalue weighted by atomic mass is 10.1. The van der Waals surface area contributed by atoms with E-state index in [1.54, 1.807) is 32.2 Å². The Labute approximate surface area is 174 Å². The molecule has 0 amide bonds. The van der Waals surface area contributed by atoms with Gasteiger partial charge in [-0.05, 0) is 55.3 Å². The van der Waals surface area contributed by atoms with Crippen molar-refractivity contribution in [3.63, 3.8) is 0 Å². The number of rotatable bonds is 6. The Balaban J connectivity index is 1.52. The summed E-state index contributed by atoms with van der Waals surface area (Å²) in [5.41, 5.74) is 2.32. The first-order valence-electron chi connectivity index (χ1n) is 9.28. The van der Waals surface area contributed by atoms with Crippen LogP contribution in [0.25, 0.3) is 11.4 Å². The quantitative estimate of drug-likeness (QED) is 0.463. The lowest BCUT2D eigenvalue weighted by Gasteiger charge is -2.18. The van der Waals surface area contributed by atoms with Crippen LogP contribution in [0.4, 0.5) is 4.39 Å². The van der Waals surface area contributed by atoms with Gasteiger partial charge >= 0.3 is 0 Å². The number of halogens is 2. The van der Waals surface area contributed by atoms with Gasteiger partial charge in [0.1, 0.15) is 5.82 Å². The van der Waals surface area contributed by atoms with Crippen molar-refractivity contribution in [3.05, 3.63) is 70.3 Å². The van der Waals surface area contributed by atoms with Crippen molar-refractivity contribution in [2.24, 2.45) is 4.99 Å². The SMILES string of the molecule is CN=C(NCCc1nc(-c2ccc(Cl)cc2)no1)NC(C)c1ccc(C)c(F)c1. The molecule has 0 spiro atoms. The van der Waals surface area contributed by atoms with Crippen LogP contribution in [0.1, 0.15) is 30.0 Å². The molecule has 0 radical (unpaired) electrons. The Kier molecular flexibility index (Phi) is 6.82. The lowest BCUT2D eigenvalue weighted by Crippen LogP contribution is -2.39. The molecule has 152 valence electrons. The van der Waals surface area contributed by atoms with Crippen molar-refractivity contribution in [2.75, 3.05) is 13.6 Å². The van der Waals surface area contributed by atoms with Crippen LogP contribution in [0.3, 0.4) is 0 Å². The van der Waals surface area contributed by atoms with E-state index in [9.17, 15) is 4.39 Å². The molecule has 2 aromatic carbocycles. The van der Waals surface area contributed by atoms with Gasteiger partial charge in [0.2, 0.25) is 11.7 Å². The van der Waals surface area contributed by atoms with Gasteiger partial charge < -0.3 is 15.2 Å². The van der Waals surface area contributed by atoms with Crippen LogP contribution in [0.2, 0.25) is 5.02 Å². The van der Waals surface area contributed by atoms with Gasteiger partial charge in [0.25, 0.3) is 0 Å². The maximum absolute atomic E-state index is 13.8. The van der Waals surface area contributed by atoms with Crippen LogP contribution in [0.15, 0.2) is 52.0 Å². The number of aliphatic imine (C=N–C) groups is 1. The fraction of sp³-hybridized carbons (Fsp3) is 0.286. The highest BCUT2D eigenvalue weighted by molar-refractivity contribution is 6.30. The Bertz CT molecular complexity index is 987. The monoisotopic (exact) mass is 415 g/mol. The molecule has 1 unspecified atom stereocenters. The van der Waals surface area contributed by atoms with Crippen molar-refractivity contribution >= 4 is 17.6 Å². The highest BCUT2D eigenvalue weighted by atomic mass is 35.5. The molecule has 29 heavy (non-hydrogen) atoms. The third kappa shape index (κ3) is 5.54. The van der Waals surface area contributed by atoms with Gasteiger partial charge in [-0.25, -0.2) is 4.39 Å². The number of benzene rings is 2. The maximum Gasteiger partial charge on any atom is 0.228 e. The van der Waals surface area contributed by atoms with Crippen molar-refractivity contribution in [1.29, 1.82) is 0 Å². The van der Waals surface area contributed by atoms with E-state index in [0.29, 0.717) is 41.2 Å². The maximum atomic E-state index is 13.8. The van der Waals surface area contributed by atoms with Crippen LogP contribution >= 0.6 is 11.6 Å². The minimum atomic E-state index is -0.216. The number of nitrogens with one attached hydrogen (secondary N) is 2. The minimum absolute atomic E-state index is 0.101. The van der Waals surface area contributed by atoms with Crippen molar-refractivity contribution < 1.29 is 8.91 Å². The summed E-state index contributed by atoms with van der Waals surface area (Å²) >= 11 is 5.90. The van der Waals surface area contributed by atoms with Gasteiger partial charge in [0.05, 0.1) is 6.04 Å². The van der Waals surface area contributed by atoms with Crippen molar-refractivity contribution in [1.82, 2.24) is 20.8 Å². The average molecular weight is 416 g/mol. The number of hydrogen-bond donors (Lipinski definition) is 2. The fourth-order valence-corrected chi connectivity index (χ4v) is 2.85. The lowest BCUT2D eigenvalue weighted by molar-refractivity contribution is 0.378. The third-order valence-electron chi connectivity index (χ3n) is 4.47. The summed E-state index contributed by atoms with van der Waals surface area (Å²) in [5, 5.41) is 11.1. The normalized spacial score (nSPS) is 12.7. The first kappa shape index (κ1) is 20.8. The molecule has 1 aromatic heterocycles. The molecule has 6 nitrogen and oxygen atoms in total. The predicted octanol–water partition coefficient (Wildman–Crippen LogP) is 4.31. The summed E-state index contributed by atoms with van der Waals surface area (Å²) in [5.74, 6) is 1.43. The van der Waals surface area contributed by atoms with E-state index in [1.165, 1.54) is 6.07 Å².